The fraction of sp³-hybridized carbons (Fsp3) is 0.818. The van der Waals surface area contributed by atoms with Crippen molar-refractivity contribution < 1.29 is 0 Å². The second kappa shape index (κ2) is 11.0. The number of nitriles is 2. The van der Waals surface area contributed by atoms with Crippen LogP contribution in [0.25, 0.3) is 0 Å². The first-order chi connectivity index (χ1) is 6.04. The van der Waals surface area contributed by atoms with Gasteiger partial charge in [-0.2, -0.15) is 10.5 Å². The summed E-state index contributed by atoms with van der Waals surface area (Å²) in [6.07, 6.45) is 2.42. The fourth-order valence-electron chi connectivity index (χ4n) is 0.536. The second-order valence-electron chi connectivity index (χ2n) is 3.85. The second-order valence-corrected chi connectivity index (χ2v) is 3.85. The Kier molecular flexibility index (Phi) is 12.2. The van der Waals surface area contributed by atoms with Gasteiger partial charge >= 0.3 is 0 Å². The Bertz CT molecular complexity index is 170. The van der Waals surface area contributed by atoms with Gasteiger partial charge in [0, 0.05) is 12.8 Å². The molecule has 13 heavy (non-hydrogen) atoms. The van der Waals surface area contributed by atoms with E-state index in [1.54, 1.807) is 0 Å². The van der Waals surface area contributed by atoms with Crippen molar-refractivity contribution in [1.82, 2.24) is 0 Å². The molecule has 0 aromatic heterocycles. The molecule has 0 heterocycles. The highest BCUT2D eigenvalue weighted by Gasteiger charge is 1.88. The fourth-order valence-corrected chi connectivity index (χ4v) is 0.536. The first-order valence-electron chi connectivity index (χ1n) is 4.78. The van der Waals surface area contributed by atoms with Gasteiger partial charge in [-0.1, -0.05) is 27.7 Å². The molecule has 0 bridgehead atoms. The molecule has 2 heteroatoms. The lowest BCUT2D eigenvalue weighted by molar-refractivity contribution is 0.598. The smallest absolute Gasteiger partial charge is 0.0624 e. The van der Waals surface area contributed by atoms with E-state index >= 15 is 0 Å². The molecule has 0 unspecified atom stereocenters. The lowest BCUT2D eigenvalue weighted by Gasteiger charge is -1.94. The van der Waals surface area contributed by atoms with E-state index in [1.807, 2.05) is 13.8 Å². The van der Waals surface area contributed by atoms with Crippen LogP contribution in [-0.2, 0) is 0 Å². The van der Waals surface area contributed by atoms with Gasteiger partial charge in [-0.25, -0.2) is 0 Å². The van der Waals surface area contributed by atoms with E-state index < -0.39 is 0 Å². The molecule has 0 aliphatic carbocycles. The molecule has 0 radical (unpaired) electrons. The lowest BCUT2D eigenvalue weighted by atomic mass is 10.1. The van der Waals surface area contributed by atoms with Gasteiger partial charge in [-0.05, 0) is 18.3 Å². The predicted molar refractivity (Wildman–Crippen MR) is 54.8 cm³/mol. The van der Waals surface area contributed by atoms with Crippen molar-refractivity contribution in [3.63, 3.8) is 0 Å². The predicted octanol–water partition coefficient (Wildman–Crippen LogP) is 3.50. The third-order valence-electron chi connectivity index (χ3n) is 1.33. The van der Waals surface area contributed by atoms with Crippen LogP contribution in [0.5, 0.6) is 0 Å². The van der Waals surface area contributed by atoms with Crippen molar-refractivity contribution in [3.8, 4) is 12.1 Å². The minimum Gasteiger partial charge on any atom is -0.198 e. The summed E-state index contributed by atoms with van der Waals surface area (Å²) in [6, 6.07) is 4.17. The summed E-state index contributed by atoms with van der Waals surface area (Å²) in [4.78, 5) is 0. The summed E-state index contributed by atoms with van der Waals surface area (Å²) < 4.78 is 0. The molecule has 0 aliphatic rings. The quantitative estimate of drug-likeness (QED) is 0.667. The number of hydrogen-bond acceptors (Lipinski definition) is 2. The van der Waals surface area contributed by atoms with Crippen LogP contribution in [0.4, 0.5) is 0 Å². The summed E-state index contributed by atoms with van der Waals surface area (Å²) in [7, 11) is 0. The highest BCUT2D eigenvalue weighted by molar-refractivity contribution is 4.70. The molecule has 0 saturated carbocycles. The van der Waals surface area contributed by atoms with Crippen LogP contribution in [0, 0.1) is 34.5 Å². The van der Waals surface area contributed by atoms with Crippen LogP contribution in [0.15, 0.2) is 0 Å². The molecule has 0 aromatic rings. The SMILES string of the molecule is CC(C)CC#N.CC(C)CCC#N. The summed E-state index contributed by atoms with van der Waals surface area (Å²) in [5.74, 6) is 1.22. The van der Waals surface area contributed by atoms with Crippen molar-refractivity contribution in [3.05, 3.63) is 0 Å². The van der Waals surface area contributed by atoms with E-state index in [4.69, 9.17) is 10.5 Å². The molecular formula is C11H20N2. The zero-order chi connectivity index (χ0) is 10.7. The third kappa shape index (κ3) is 24.8. The Labute approximate surface area is 82.2 Å². The van der Waals surface area contributed by atoms with E-state index in [1.165, 1.54) is 0 Å². The van der Waals surface area contributed by atoms with Gasteiger partial charge in [-0.15, -0.1) is 0 Å². The van der Waals surface area contributed by atoms with Crippen LogP contribution in [0.3, 0.4) is 0 Å². The van der Waals surface area contributed by atoms with E-state index in [-0.39, 0.29) is 0 Å². The van der Waals surface area contributed by atoms with E-state index in [0.717, 1.165) is 6.42 Å². The van der Waals surface area contributed by atoms with Gasteiger partial charge < -0.3 is 0 Å². The maximum atomic E-state index is 8.07. The monoisotopic (exact) mass is 180 g/mol. The van der Waals surface area contributed by atoms with Gasteiger partial charge in [0.05, 0.1) is 12.1 Å². The summed E-state index contributed by atoms with van der Waals surface area (Å²) in [5.41, 5.74) is 0. The summed E-state index contributed by atoms with van der Waals surface area (Å²) in [6.45, 7) is 8.31. The van der Waals surface area contributed by atoms with E-state index in [9.17, 15) is 0 Å². The number of rotatable bonds is 3. The molecule has 74 valence electrons. The maximum absolute atomic E-state index is 8.07. The Hall–Kier alpha value is -1.02. The van der Waals surface area contributed by atoms with Crippen molar-refractivity contribution in [2.75, 3.05) is 0 Å². The molecule has 0 amide bonds. The standard InChI is InChI=1S/C6H11N.C5H9N/c1-6(2)4-3-5-7;1-5(2)3-4-6/h6H,3-4H2,1-2H3;5H,3H2,1-2H3. The minimum absolute atomic E-state index is 0.537. The molecule has 0 aromatic carbocycles. The zero-order valence-corrected chi connectivity index (χ0v) is 9.17. The molecule has 0 spiro atoms. The largest absolute Gasteiger partial charge is 0.198 e. The van der Waals surface area contributed by atoms with Crippen LogP contribution in [0.1, 0.15) is 47.0 Å². The Balaban J connectivity index is 0. The molecule has 0 aliphatic heterocycles. The van der Waals surface area contributed by atoms with Crippen molar-refractivity contribution in [1.29, 1.82) is 10.5 Å². The molecule has 0 fully saturated rings. The van der Waals surface area contributed by atoms with Crippen LogP contribution >= 0.6 is 0 Å². The molecule has 0 saturated heterocycles. The average Bonchev–Trinajstić information content (AvgIpc) is 2.01. The van der Waals surface area contributed by atoms with Crippen LogP contribution in [-0.4, -0.2) is 0 Å². The van der Waals surface area contributed by atoms with Crippen molar-refractivity contribution in [2.24, 2.45) is 11.8 Å². The number of nitrogens with zero attached hydrogens (tertiary/aromatic N) is 2. The minimum atomic E-state index is 0.537. The Morgan fingerprint density at radius 3 is 1.54 bits per heavy atom. The molecule has 0 rings (SSSR count). The highest BCUT2D eigenvalue weighted by atomic mass is 14.2. The van der Waals surface area contributed by atoms with Crippen molar-refractivity contribution >= 4 is 0 Å². The number of hydrogen-bond donors (Lipinski definition) is 0. The van der Waals surface area contributed by atoms with Crippen LogP contribution < -0.4 is 0 Å². The normalized spacial score (nSPS) is 8.62. The Morgan fingerprint density at radius 2 is 1.46 bits per heavy atom. The molecular weight excluding hydrogens is 160 g/mol. The molecule has 0 atom stereocenters. The topological polar surface area (TPSA) is 47.6 Å². The first kappa shape index (κ1) is 14.5. The molecule has 2 nitrogen and oxygen atoms in total. The molecule has 0 N–H and O–H groups in total. The lowest BCUT2D eigenvalue weighted by Crippen LogP contribution is -1.82. The van der Waals surface area contributed by atoms with Gasteiger partial charge in [0.25, 0.3) is 0 Å². The highest BCUT2D eigenvalue weighted by Crippen LogP contribution is 2.00. The van der Waals surface area contributed by atoms with Crippen LogP contribution in [0.2, 0.25) is 0 Å². The zero-order valence-electron chi connectivity index (χ0n) is 9.17. The summed E-state index contributed by atoms with van der Waals surface area (Å²) in [5, 5.41) is 16.1. The van der Waals surface area contributed by atoms with E-state index in [0.29, 0.717) is 24.7 Å². The van der Waals surface area contributed by atoms with Crippen molar-refractivity contribution in [2.45, 2.75) is 47.0 Å². The first-order valence-corrected chi connectivity index (χ1v) is 4.78. The van der Waals surface area contributed by atoms with Gasteiger partial charge in [-0.3, -0.25) is 0 Å². The third-order valence-corrected chi connectivity index (χ3v) is 1.33. The summed E-state index contributed by atoms with van der Waals surface area (Å²) >= 11 is 0. The van der Waals surface area contributed by atoms with Gasteiger partial charge in [0.2, 0.25) is 0 Å². The van der Waals surface area contributed by atoms with Gasteiger partial charge in [0.1, 0.15) is 0 Å². The maximum Gasteiger partial charge on any atom is 0.0624 e. The van der Waals surface area contributed by atoms with Gasteiger partial charge in [0.15, 0.2) is 0 Å². The van der Waals surface area contributed by atoms with E-state index in [2.05, 4.69) is 26.0 Å². The Morgan fingerprint density at radius 1 is 0.923 bits per heavy atom. The average molecular weight is 180 g/mol.